The number of furan rings is 2. The summed E-state index contributed by atoms with van der Waals surface area (Å²) < 4.78 is 12.5. The molecule has 1 aliphatic carbocycles. The summed E-state index contributed by atoms with van der Waals surface area (Å²) in [5, 5.41) is 4.55. The molecule has 10 aromatic rings. The first kappa shape index (κ1) is 33.0. The second-order valence-electron chi connectivity index (χ2n) is 14.8. The highest BCUT2D eigenvalue weighted by molar-refractivity contribution is 6.13. The number of fused-ring (bicyclic) bond motifs is 6. The minimum atomic E-state index is 0.411. The second-order valence-corrected chi connectivity index (χ2v) is 14.8. The fraction of sp³-hybridized carbons (Fsp3) is 0.0370. The van der Waals surface area contributed by atoms with E-state index in [1.165, 1.54) is 16.7 Å². The number of para-hydroxylation sites is 2. The number of hydrogen-bond acceptors (Lipinski definition) is 3. The van der Waals surface area contributed by atoms with Gasteiger partial charge in [-0.1, -0.05) is 146 Å². The molecule has 8 aromatic carbocycles. The Hall–Kier alpha value is -7.36. The van der Waals surface area contributed by atoms with Gasteiger partial charge in [0.1, 0.15) is 22.3 Å². The monoisotopic (exact) mass is 731 g/mol. The summed E-state index contributed by atoms with van der Waals surface area (Å²) in [5.74, 6) is 0.411. The molecular weight excluding hydrogens is 695 g/mol. The van der Waals surface area contributed by atoms with Crippen molar-refractivity contribution in [3.63, 3.8) is 0 Å². The van der Waals surface area contributed by atoms with Crippen LogP contribution in [0.15, 0.2) is 215 Å². The molecule has 1 atom stereocenters. The number of hydrogen-bond donors (Lipinski definition) is 0. The first-order chi connectivity index (χ1) is 28.2. The molecule has 0 spiro atoms. The van der Waals surface area contributed by atoms with Gasteiger partial charge in [0.25, 0.3) is 0 Å². The highest BCUT2D eigenvalue weighted by Crippen LogP contribution is 2.42. The van der Waals surface area contributed by atoms with Gasteiger partial charge in [-0.05, 0) is 106 Å². The third-order valence-corrected chi connectivity index (χ3v) is 11.5. The van der Waals surface area contributed by atoms with Gasteiger partial charge in [-0.3, -0.25) is 0 Å². The number of benzene rings is 8. The number of allylic oxidation sites excluding steroid dienone is 4. The van der Waals surface area contributed by atoms with Crippen molar-refractivity contribution >= 4 is 66.5 Å². The van der Waals surface area contributed by atoms with E-state index in [2.05, 4.69) is 187 Å². The zero-order valence-corrected chi connectivity index (χ0v) is 31.2. The molecule has 3 heteroatoms. The van der Waals surface area contributed by atoms with Gasteiger partial charge in [-0.2, -0.15) is 0 Å². The van der Waals surface area contributed by atoms with E-state index in [-0.39, 0.29) is 0 Å². The van der Waals surface area contributed by atoms with Gasteiger partial charge in [-0.15, -0.1) is 0 Å². The normalized spacial score (nSPS) is 14.1. The van der Waals surface area contributed by atoms with E-state index in [1.54, 1.807) is 0 Å². The molecule has 0 N–H and O–H groups in total. The van der Waals surface area contributed by atoms with Crippen molar-refractivity contribution < 1.29 is 8.83 Å². The minimum Gasteiger partial charge on any atom is -0.456 e. The lowest BCUT2D eigenvalue weighted by molar-refractivity contribution is 0.668. The zero-order valence-electron chi connectivity index (χ0n) is 31.2. The fourth-order valence-electron chi connectivity index (χ4n) is 8.64. The van der Waals surface area contributed by atoms with Crippen LogP contribution in [-0.4, -0.2) is 0 Å². The van der Waals surface area contributed by atoms with Crippen LogP contribution in [0.4, 0.5) is 17.1 Å². The molecule has 3 nitrogen and oxygen atoms in total. The molecule has 57 heavy (non-hydrogen) atoms. The predicted octanol–water partition coefficient (Wildman–Crippen LogP) is 15.4. The van der Waals surface area contributed by atoms with E-state index < -0.39 is 0 Å². The van der Waals surface area contributed by atoms with E-state index in [0.717, 1.165) is 89.6 Å². The summed E-state index contributed by atoms with van der Waals surface area (Å²) in [4.78, 5) is 2.34. The average Bonchev–Trinajstić information content (AvgIpc) is 3.87. The molecule has 11 rings (SSSR count). The molecule has 0 saturated heterocycles. The smallest absolute Gasteiger partial charge is 0.136 e. The van der Waals surface area contributed by atoms with Crippen LogP contribution in [0.2, 0.25) is 0 Å². The lowest BCUT2D eigenvalue weighted by Crippen LogP contribution is -2.10. The average molecular weight is 732 g/mol. The molecule has 0 fully saturated rings. The third kappa shape index (κ3) is 5.84. The van der Waals surface area contributed by atoms with Crippen molar-refractivity contribution in [2.75, 3.05) is 4.90 Å². The van der Waals surface area contributed by atoms with Crippen molar-refractivity contribution in [2.24, 2.45) is 0 Å². The number of nitrogens with zero attached hydrogens (tertiary/aromatic N) is 1. The minimum absolute atomic E-state index is 0.411. The van der Waals surface area contributed by atoms with Gasteiger partial charge in [-0.25, -0.2) is 0 Å². The highest BCUT2D eigenvalue weighted by atomic mass is 16.3. The second kappa shape index (κ2) is 13.7. The molecule has 270 valence electrons. The Labute approximate surface area is 331 Å². The summed E-state index contributed by atoms with van der Waals surface area (Å²) in [7, 11) is 0. The molecule has 0 bridgehead atoms. The number of rotatable bonds is 7. The predicted molar refractivity (Wildman–Crippen MR) is 237 cm³/mol. The van der Waals surface area contributed by atoms with Crippen LogP contribution >= 0.6 is 0 Å². The van der Waals surface area contributed by atoms with Gasteiger partial charge in [0.15, 0.2) is 0 Å². The molecule has 1 aliphatic rings. The summed E-state index contributed by atoms with van der Waals surface area (Å²) >= 11 is 0. The summed E-state index contributed by atoms with van der Waals surface area (Å²) in [6, 6.07) is 66.8. The standard InChI is InChI=1S/C54H37NO2/c1-2-10-36(11-3-1)37-20-22-38(23-21-37)39-24-30-42(31-25-39)55(43-32-26-40(27-33-43)45-14-8-18-51-53(45)47-12-4-6-16-49(47)56-51)44-34-28-41(29-35-44)46-15-9-19-52-54(46)48-13-5-7-17-50(48)57-52/h1-20,22-35,37H,21H2. The molecule has 0 saturated carbocycles. The summed E-state index contributed by atoms with van der Waals surface area (Å²) in [5.41, 5.74) is 15.3. The van der Waals surface area contributed by atoms with E-state index in [0.29, 0.717) is 5.92 Å². The summed E-state index contributed by atoms with van der Waals surface area (Å²) in [6.45, 7) is 0. The van der Waals surface area contributed by atoms with Crippen LogP contribution < -0.4 is 4.90 Å². The maximum atomic E-state index is 6.23. The first-order valence-electron chi connectivity index (χ1n) is 19.6. The first-order valence-corrected chi connectivity index (χ1v) is 19.6. The molecule has 1 unspecified atom stereocenters. The van der Waals surface area contributed by atoms with Gasteiger partial charge < -0.3 is 13.7 Å². The molecule has 0 aliphatic heterocycles. The van der Waals surface area contributed by atoms with Crippen molar-refractivity contribution in [3.8, 4) is 22.3 Å². The Kier molecular flexibility index (Phi) is 7.96. The van der Waals surface area contributed by atoms with Crippen molar-refractivity contribution in [1.29, 1.82) is 0 Å². The van der Waals surface area contributed by atoms with Gasteiger partial charge in [0.2, 0.25) is 0 Å². The molecular formula is C54H37NO2. The van der Waals surface area contributed by atoms with Crippen molar-refractivity contribution in [1.82, 2.24) is 0 Å². The topological polar surface area (TPSA) is 29.5 Å². The maximum Gasteiger partial charge on any atom is 0.136 e. The van der Waals surface area contributed by atoms with Crippen molar-refractivity contribution in [2.45, 2.75) is 12.3 Å². The molecule has 2 aromatic heterocycles. The Balaban J connectivity index is 0.968. The van der Waals surface area contributed by atoms with Gasteiger partial charge in [0.05, 0.1) is 0 Å². The van der Waals surface area contributed by atoms with E-state index >= 15 is 0 Å². The lowest BCUT2D eigenvalue weighted by atomic mass is 9.88. The lowest BCUT2D eigenvalue weighted by Gasteiger charge is -2.26. The van der Waals surface area contributed by atoms with Gasteiger partial charge >= 0.3 is 0 Å². The van der Waals surface area contributed by atoms with E-state index in [1.807, 2.05) is 24.3 Å². The zero-order chi connectivity index (χ0) is 37.7. The van der Waals surface area contributed by atoms with E-state index in [9.17, 15) is 0 Å². The Morgan fingerprint density at radius 2 is 0.860 bits per heavy atom. The van der Waals surface area contributed by atoms with Crippen LogP contribution in [0, 0.1) is 0 Å². The highest BCUT2D eigenvalue weighted by Gasteiger charge is 2.18. The van der Waals surface area contributed by atoms with Crippen LogP contribution in [0.5, 0.6) is 0 Å². The Bertz CT molecular complexity index is 2970. The quantitative estimate of drug-likeness (QED) is 0.163. The fourth-order valence-corrected chi connectivity index (χ4v) is 8.64. The Morgan fingerprint density at radius 3 is 1.35 bits per heavy atom. The maximum absolute atomic E-state index is 6.23. The SMILES string of the molecule is C1=CC(c2ccccc2)CC=C1c1ccc(N(c2ccc(-c3cccc4oc5ccccc5c34)cc2)c2ccc(-c3cccc4oc5ccccc5c34)cc2)cc1. The molecule has 0 radical (unpaired) electrons. The third-order valence-electron chi connectivity index (χ3n) is 11.5. The van der Waals surface area contributed by atoms with Crippen LogP contribution in [0.1, 0.15) is 23.5 Å². The Morgan fingerprint density at radius 1 is 0.404 bits per heavy atom. The van der Waals surface area contributed by atoms with E-state index in [4.69, 9.17) is 8.83 Å². The molecule has 2 heterocycles. The van der Waals surface area contributed by atoms with Gasteiger partial charge in [0, 0.05) is 44.5 Å². The van der Waals surface area contributed by atoms with Crippen LogP contribution in [-0.2, 0) is 0 Å². The van der Waals surface area contributed by atoms with Crippen LogP contribution in [0.3, 0.4) is 0 Å². The van der Waals surface area contributed by atoms with Crippen molar-refractivity contribution in [3.05, 3.63) is 217 Å². The molecule has 0 amide bonds. The number of anilines is 3. The van der Waals surface area contributed by atoms with Crippen LogP contribution in [0.25, 0.3) is 71.7 Å². The largest absolute Gasteiger partial charge is 0.456 e. The summed E-state index contributed by atoms with van der Waals surface area (Å²) in [6.07, 6.45) is 7.98.